The molecule has 1 amide bonds. The van der Waals surface area contributed by atoms with Crippen LogP contribution in [0.5, 0.6) is 0 Å². The van der Waals surface area contributed by atoms with Crippen LogP contribution in [0.2, 0.25) is 0 Å². The first-order valence-electron chi connectivity index (χ1n) is 6.55. The maximum Gasteiger partial charge on any atom is 0.307 e. The van der Waals surface area contributed by atoms with E-state index in [2.05, 4.69) is 10.3 Å². The molecule has 5 nitrogen and oxygen atoms in total. The molecule has 1 aliphatic carbocycles. The van der Waals surface area contributed by atoms with Crippen LogP contribution < -0.4 is 5.32 Å². The first-order chi connectivity index (χ1) is 9.09. The molecule has 1 aromatic heterocycles. The van der Waals surface area contributed by atoms with Crippen molar-refractivity contribution < 1.29 is 14.7 Å². The van der Waals surface area contributed by atoms with E-state index in [1.165, 1.54) is 0 Å². The first-order valence-corrected chi connectivity index (χ1v) is 6.55. The maximum absolute atomic E-state index is 12.2. The van der Waals surface area contributed by atoms with Crippen molar-refractivity contribution in [3.63, 3.8) is 0 Å². The smallest absolute Gasteiger partial charge is 0.307 e. The molecule has 0 radical (unpaired) electrons. The normalized spacial score (nSPS) is 22.8. The van der Waals surface area contributed by atoms with Crippen molar-refractivity contribution in [3.05, 3.63) is 23.9 Å². The summed E-state index contributed by atoms with van der Waals surface area (Å²) in [5.74, 6) is -1.61. The Kier molecular flexibility index (Phi) is 4.14. The van der Waals surface area contributed by atoms with Gasteiger partial charge < -0.3 is 10.4 Å². The molecule has 1 saturated carbocycles. The highest BCUT2D eigenvalue weighted by molar-refractivity contribution is 5.94. The molecule has 0 unspecified atom stereocenters. The summed E-state index contributed by atoms with van der Waals surface area (Å²) >= 11 is 0. The Balaban J connectivity index is 2.10. The van der Waals surface area contributed by atoms with E-state index in [-0.39, 0.29) is 5.91 Å². The number of carboxylic acids is 1. The molecule has 5 heteroatoms. The Morgan fingerprint density at radius 2 is 2.00 bits per heavy atom. The van der Waals surface area contributed by atoms with Crippen LogP contribution in [-0.4, -0.2) is 22.0 Å². The largest absolute Gasteiger partial charge is 0.481 e. The summed E-state index contributed by atoms with van der Waals surface area (Å²) in [4.78, 5) is 27.5. The number of carbonyl (C=O) groups excluding carboxylic acids is 1. The molecule has 1 aromatic rings. The summed E-state index contributed by atoms with van der Waals surface area (Å²) in [6.07, 6.45) is 4.61. The predicted molar refractivity (Wildman–Crippen MR) is 70.7 cm³/mol. The molecule has 2 rings (SSSR count). The van der Waals surface area contributed by atoms with Crippen molar-refractivity contribution in [2.45, 2.75) is 32.6 Å². The summed E-state index contributed by atoms with van der Waals surface area (Å²) in [7, 11) is 0. The highest BCUT2D eigenvalue weighted by atomic mass is 16.4. The number of pyridine rings is 1. The van der Waals surface area contributed by atoms with Crippen LogP contribution in [0.4, 0.5) is 5.82 Å². The number of anilines is 1. The van der Waals surface area contributed by atoms with Crippen molar-refractivity contribution in [1.29, 1.82) is 0 Å². The van der Waals surface area contributed by atoms with E-state index in [4.69, 9.17) is 0 Å². The molecule has 0 bridgehead atoms. The van der Waals surface area contributed by atoms with Gasteiger partial charge in [0.15, 0.2) is 0 Å². The number of nitrogens with zero attached hydrogens (tertiary/aromatic N) is 1. The van der Waals surface area contributed by atoms with Gasteiger partial charge in [0.1, 0.15) is 5.82 Å². The number of hydrogen-bond donors (Lipinski definition) is 2. The Morgan fingerprint density at radius 3 is 2.63 bits per heavy atom. The SMILES string of the molecule is Cc1cccnc1NC(=O)[C@H]1CCCC[C@@H]1C(=O)O. The summed E-state index contributed by atoms with van der Waals surface area (Å²) in [5, 5.41) is 11.9. The van der Waals surface area contributed by atoms with Crippen LogP contribution >= 0.6 is 0 Å². The number of rotatable bonds is 3. The van der Waals surface area contributed by atoms with Crippen LogP contribution in [0.3, 0.4) is 0 Å². The number of carboxylic acid groups (broad SMARTS) is 1. The van der Waals surface area contributed by atoms with Gasteiger partial charge in [0.05, 0.1) is 11.8 Å². The molecule has 102 valence electrons. The lowest BCUT2D eigenvalue weighted by Gasteiger charge is -2.27. The van der Waals surface area contributed by atoms with Gasteiger partial charge in [-0.3, -0.25) is 9.59 Å². The minimum Gasteiger partial charge on any atom is -0.481 e. The topological polar surface area (TPSA) is 79.3 Å². The second-order valence-corrected chi connectivity index (χ2v) is 4.99. The van der Waals surface area contributed by atoms with Gasteiger partial charge in [0, 0.05) is 6.20 Å². The number of nitrogens with one attached hydrogen (secondary N) is 1. The van der Waals surface area contributed by atoms with Crippen molar-refractivity contribution in [3.8, 4) is 0 Å². The molecule has 1 fully saturated rings. The fourth-order valence-corrected chi connectivity index (χ4v) is 2.57. The highest BCUT2D eigenvalue weighted by Crippen LogP contribution is 2.31. The van der Waals surface area contributed by atoms with Crippen molar-refractivity contribution >= 4 is 17.7 Å². The third-order valence-electron chi connectivity index (χ3n) is 3.67. The van der Waals surface area contributed by atoms with Crippen LogP contribution in [0.1, 0.15) is 31.2 Å². The van der Waals surface area contributed by atoms with Gasteiger partial charge in [-0.05, 0) is 31.4 Å². The van der Waals surface area contributed by atoms with E-state index in [1.54, 1.807) is 12.3 Å². The maximum atomic E-state index is 12.2. The second kappa shape index (κ2) is 5.82. The molecule has 0 spiro atoms. The molecule has 0 aromatic carbocycles. The Labute approximate surface area is 112 Å². The average Bonchev–Trinajstić information content (AvgIpc) is 2.41. The second-order valence-electron chi connectivity index (χ2n) is 4.99. The van der Waals surface area contributed by atoms with Gasteiger partial charge in [-0.15, -0.1) is 0 Å². The van der Waals surface area contributed by atoms with Gasteiger partial charge in [0.25, 0.3) is 0 Å². The number of amides is 1. The minimum atomic E-state index is -0.877. The third kappa shape index (κ3) is 3.10. The lowest BCUT2D eigenvalue weighted by Crippen LogP contribution is -2.36. The Hall–Kier alpha value is -1.91. The van der Waals surface area contributed by atoms with E-state index >= 15 is 0 Å². The fraction of sp³-hybridized carbons (Fsp3) is 0.500. The minimum absolute atomic E-state index is 0.228. The summed E-state index contributed by atoms with van der Waals surface area (Å²) in [6.45, 7) is 1.86. The van der Waals surface area contributed by atoms with E-state index in [1.807, 2.05) is 13.0 Å². The average molecular weight is 262 g/mol. The number of aliphatic carboxylic acids is 1. The number of aryl methyl sites for hydroxylation is 1. The lowest BCUT2D eigenvalue weighted by atomic mass is 9.78. The van der Waals surface area contributed by atoms with Crippen LogP contribution in [0.15, 0.2) is 18.3 Å². The van der Waals surface area contributed by atoms with Gasteiger partial charge in [-0.2, -0.15) is 0 Å². The Morgan fingerprint density at radius 1 is 1.32 bits per heavy atom. The number of hydrogen-bond acceptors (Lipinski definition) is 3. The summed E-state index contributed by atoms with van der Waals surface area (Å²) in [6, 6.07) is 3.66. The standard InChI is InChI=1S/C14H18N2O3/c1-9-5-4-8-15-12(9)16-13(17)10-6-2-3-7-11(10)14(18)19/h4-5,8,10-11H,2-3,6-7H2,1H3,(H,18,19)(H,15,16,17)/t10-,11-/m0/s1. The van der Waals surface area contributed by atoms with Gasteiger partial charge in [-0.25, -0.2) is 4.98 Å². The van der Waals surface area contributed by atoms with Crippen LogP contribution in [0.25, 0.3) is 0 Å². The van der Waals surface area contributed by atoms with Crippen molar-refractivity contribution in [2.24, 2.45) is 11.8 Å². The summed E-state index contributed by atoms with van der Waals surface area (Å²) in [5.41, 5.74) is 0.874. The van der Waals surface area contributed by atoms with Gasteiger partial charge in [0.2, 0.25) is 5.91 Å². The molecule has 2 N–H and O–H groups in total. The quantitative estimate of drug-likeness (QED) is 0.875. The van der Waals surface area contributed by atoms with Crippen molar-refractivity contribution in [2.75, 3.05) is 5.32 Å². The van der Waals surface area contributed by atoms with Crippen molar-refractivity contribution in [1.82, 2.24) is 4.98 Å². The molecule has 1 heterocycles. The monoisotopic (exact) mass is 262 g/mol. The summed E-state index contributed by atoms with van der Waals surface area (Å²) < 4.78 is 0. The molecular formula is C14H18N2O3. The molecule has 0 aliphatic heterocycles. The van der Waals surface area contributed by atoms with Crippen LogP contribution in [0, 0.1) is 18.8 Å². The highest BCUT2D eigenvalue weighted by Gasteiger charge is 2.35. The third-order valence-corrected chi connectivity index (χ3v) is 3.67. The van der Waals surface area contributed by atoms with Crippen LogP contribution in [-0.2, 0) is 9.59 Å². The van der Waals surface area contributed by atoms with Gasteiger partial charge >= 0.3 is 5.97 Å². The van der Waals surface area contributed by atoms with E-state index in [0.717, 1.165) is 18.4 Å². The zero-order valence-corrected chi connectivity index (χ0v) is 10.9. The predicted octanol–water partition coefficient (Wildman–Crippen LogP) is 2.22. The molecule has 1 aliphatic rings. The fourth-order valence-electron chi connectivity index (χ4n) is 2.57. The Bertz CT molecular complexity index is 487. The number of carbonyl (C=O) groups is 2. The zero-order valence-electron chi connectivity index (χ0n) is 10.9. The molecular weight excluding hydrogens is 244 g/mol. The molecule has 19 heavy (non-hydrogen) atoms. The number of aromatic nitrogens is 1. The van der Waals surface area contributed by atoms with E-state index < -0.39 is 17.8 Å². The van der Waals surface area contributed by atoms with Gasteiger partial charge in [-0.1, -0.05) is 18.9 Å². The van der Waals surface area contributed by atoms with E-state index in [0.29, 0.717) is 18.7 Å². The molecule has 2 atom stereocenters. The first kappa shape index (κ1) is 13.5. The molecule has 0 saturated heterocycles. The van der Waals surface area contributed by atoms with E-state index in [9.17, 15) is 14.7 Å². The zero-order chi connectivity index (χ0) is 13.8. The lowest BCUT2D eigenvalue weighted by molar-refractivity contribution is -0.147.